The fraction of sp³-hybridized carbons (Fsp3) is 0.500. The lowest BCUT2D eigenvalue weighted by molar-refractivity contribution is -0.122. The van der Waals surface area contributed by atoms with Crippen LogP contribution in [0.15, 0.2) is 36.0 Å². The van der Waals surface area contributed by atoms with Gasteiger partial charge in [0.15, 0.2) is 0 Å². The second kappa shape index (κ2) is 6.55. The Balaban J connectivity index is 1.50. The predicted molar refractivity (Wildman–Crippen MR) is 93.8 cm³/mol. The molecule has 0 radical (unpaired) electrons. The maximum Gasteiger partial charge on any atom is 0.254 e. The molecular weight excluding hydrogens is 302 g/mol. The third kappa shape index (κ3) is 2.92. The Kier molecular flexibility index (Phi) is 4.26. The molecule has 2 unspecified atom stereocenters. The molecule has 1 aromatic rings. The number of carbonyl (C=O) groups is 1. The van der Waals surface area contributed by atoms with Crippen molar-refractivity contribution in [2.24, 2.45) is 0 Å². The summed E-state index contributed by atoms with van der Waals surface area (Å²) in [6.45, 7) is 4.14. The maximum atomic E-state index is 12.6. The Hall–Kier alpha value is -1.89. The van der Waals surface area contributed by atoms with Crippen LogP contribution in [0.4, 0.5) is 5.69 Å². The SMILES string of the molecule is Cc1ccccc1N1C=C2C(=O)NC(N3CCCCCC3)NC2N1. The highest BCUT2D eigenvalue weighted by Gasteiger charge is 2.38. The molecule has 4 rings (SSSR count). The summed E-state index contributed by atoms with van der Waals surface area (Å²) in [5.41, 5.74) is 6.39. The van der Waals surface area contributed by atoms with E-state index >= 15 is 0 Å². The molecule has 0 spiro atoms. The summed E-state index contributed by atoms with van der Waals surface area (Å²) in [5.74, 6) is 0.0107. The highest BCUT2D eigenvalue weighted by molar-refractivity contribution is 5.96. The Bertz CT molecular complexity index is 651. The van der Waals surface area contributed by atoms with Gasteiger partial charge in [0.25, 0.3) is 5.91 Å². The van der Waals surface area contributed by atoms with Crippen molar-refractivity contribution >= 4 is 11.6 Å². The summed E-state index contributed by atoms with van der Waals surface area (Å²) in [5, 5.41) is 8.60. The number of carbonyl (C=O) groups excluding carboxylic acids is 1. The number of rotatable bonds is 2. The second-order valence-corrected chi connectivity index (χ2v) is 6.80. The molecular formula is C18H25N5O. The van der Waals surface area contributed by atoms with Crippen molar-refractivity contribution in [3.63, 3.8) is 0 Å². The van der Waals surface area contributed by atoms with E-state index in [2.05, 4.69) is 40.0 Å². The largest absolute Gasteiger partial charge is 0.324 e. The van der Waals surface area contributed by atoms with E-state index < -0.39 is 0 Å². The maximum absolute atomic E-state index is 12.6. The average Bonchev–Trinajstić information content (AvgIpc) is 2.82. The van der Waals surface area contributed by atoms with Gasteiger partial charge in [-0.2, -0.15) is 0 Å². The Morgan fingerprint density at radius 2 is 1.83 bits per heavy atom. The summed E-state index contributed by atoms with van der Waals surface area (Å²) >= 11 is 0. The Labute approximate surface area is 142 Å². The molecule has 2 fully saturated rings. The lowest BCUT2D eigenvalue weighted by Gasteiger charge is -2.38. The van der Waals surface area contributed by atoms with E-state index in [0.29, 0.717) is 0 Å². The highest BCUT2D eigenvalue weighted by Crippen LogP contribution is 2.25. The van der Waals surface area contributed by atoms with Crippen LogP contribution in [0.2, 0.25) is 0 Å². The first-order chi connectivity index (χ1) is 11.7. The zero-order valence-electron chi connectivity index (χ0n) is 14.1. The third-order valence-corrected chi connectivity index (χ3v) is 5.08. The molecule has 1 aromatic carbocycles. The van der Waals surface area contributed by atoms with Crippen LogP contribution in [0, 0.1) is 6.92 Å². The normalized spacial score (nSPS) is 28.1. The van der Waals surface area contributed by atoms with Gasteiger partial charge in [0.2, 0.25) is 0 Å². The minimum atomic E-state index is -0.147. The number of amides is 1. The molecule has 3 aliphatic rings. The number of hydrogen-bond donors (Lipinski definition) is 3. The van der Waals surface area contributed by atoms with Crippen molar-refractivity contribution in [2.75, 3.05) is 18.1 Å². The fourth-order valence-corrected chi connectivity index (χ4v) is 3.71. The first-order valence-electron chi connectivity index (χ1n) is 8.86. The smallest absolute Gasteiger partial charge is 0.254 e. The van der Waals surface area contributed by atoms with Crippen LogP contribution in [0.25, 0.3) is 0 Å². The minimum absolute atomic E-state index is 0.0107. The number of likely N-dealkylation sites (tertiary alicyclic amines) is 1. The van der Waals surface area contributed by atoms with E-state index in [9.17, 15) is 4.79 Å². The molecule has 3 N–H and O–H groups in total. The summed E-state index contributed by atoms with van der Waals surface area (Å²) < 4.78 is 0. The van der Waals surface area contributed by atoms with Gasteiger partial charge in [-0.25, -0.2) is 5.43 Å². The van der Waals surface area contributed by atoms with Gasteiger partial charge in [0.1, 0.15) is 12.5 Å². The predicted octanol–water partition coefficient (Wildman–Crippen LogP) is 1.41. The van der Waals surface area contributed by atoms with Gasteiger partial charge in [0, 0.05) is 19.3 Å². The quantitative estimate of drug-likeness (QED) is 0.767. The molecule has 3 heterocycles. The van der Waals surface area contributed by atoms with E-state index in [-0.39, 0.29) is 18.4 Å². The number of nitrogens with zero attached hydrogens (tertiary/aromatic N) is 2. The monoisotopic (exact) mass is 327 g/mol. The van der Waals surface area contributed by atoms with Crippen LogP contribution < -0.4 is 21.1 Å². The Morgan fingerprint density at radius 1 is 1.08 bits per heavy atom. The number of anilines is 1. The molecule has 0 aromatic heterocycles. The van der Waals surface area contributed by atoms with Gasteiger partial charge in [-0.15, -0.1) is 0 Å². The standard InChI is InChI=1S/C18H25N5O/c1-13-8-4-5-9-15(13)23-12-14-16(21-23)19-18(20-17(14)24)22-10-6-2-3-7-11-22/h4-5,8-9,12,16,18-19,21H,2-3,6-7,10-11H2,1H3,(H,20,24). The van der Waals surface area contributed by atoms with Crippen molar-refractivity contribution in [3.8, 4) is 0 Å². The van der Waals surface area contributed by atoms with Gasteiger partial charge in [-0.3, -0.25) is 20.0 Å². The molecule has 6 heteroatoms. The van der Waals surface area contributed by atoms with Crippen molar-refractivity contribution in [3.05, 3.63) is 41.6 Å². The topological polar surface area (TPSA) is 59.6 Å². The second-order valence-electron chi connectivity index (χ2n) is 6.80. The number of hydrazine groups is 1. The number of fused-ring (bicyclic) bond motifs is 1. The molecule has 2 saturated heterocycles. The van der Waals surface area contributed by atoms with E-state index in [1.165, 1.54) is 31.2 Å². The van der Waals surface area contributed by atoms with Crippen LogP contribution in [0.5, 0.6) is 0 Å². The van der Waals surface area contributed by atoms with Gasteiger partial charge >= 0.3 is 0 Å². The minimum Gasteiger partial charge on any atom is -0.324 e. The molecule has 1 amide bonds. The van der Waals surface area contributed by atoms with Crippen LogP contribution in [-0.2, 0) is 4.79 Å². The molecule has 24 heavy (non-hydrogen) atoms. The van der Waals surface area contributed by atoms with E-state index in [1.807, 2.05) is 23.3 Å². The molecule has 6 nitrogen and oxygen atoms in total. The molecule has 3 aliphatic heterocycles. The van der Waals surface area contributed by atoms with E-state index in [1.54, 1.807) is 0 Å². The lowest BCUT2D eigenvalue weighted by atomic mass is 10.1. The van der Waals surface area contributed by atoms with Crippen LogP contribution in [-0.4, -0.2) is 36.4 Å². The molecule has 0 saturated carbocycles. The van der Waals surface area contributed by atoms with E-state index in [0.717, 1.165) is 24.4 Å². The van der Waals surface area contributed by atoms with Crippen LogP contribution in [0.1, 0.15) is 31.2 Å². The highest BCUT2D eigenvalue weighted by atomic mass is 16.2. The summed E-state index contributed by atoms with van der Waals surface area (Å²) in [4.78, 5) is 14.9. The number of benzene rings is 1. The lowest BCUT2D eigenvalue weighted by Crippen LogP contribution is -2.67. The summed E-state index contributed by atoms with van der Waals surface area (Å²) in [7, 11) is 0. The summed E-state index contributed by atoms with van der Waals surface area (Å²) in [6.07, 6.45) is 6.62. The van der Waals surface area contributed by atoms with E-state index in [4.69, 9.17) is 0 Å². The fourth-order valence-electron chi connectivity index (χ4n) is 3.71. The van der Waals surface area contributed by atoms with Crippen molar-refractivity contribution in [1.29, 1.82) is 0 Å². The third-order valence-electron chi connectivity index (χ3n) is 5.08. The number of aryl methyl sites for hydroxylation is 1. The van der Waals surface area contributed by atoms with Gasteiger partial charge in [-0.1, -0.05) is 31.0 Å². The van der Waals surface area contributed by atoms with Crippen molar-refractivity contribution in [2.45, 2.75) is 45.1 Å². The van der Waals surface area contributed by atoms with Gasteiger partial charge < -0.3 is 5.32 Å². The number of para-hydroxylation sites is 1. The van der Waals surface area contributed by atoms with Crippen LogP contribution >= 0.6 is 0 Å². The molecule has 0 bridgehead atoms. The van der Waals surface area contributed by atoms with Crippen molar-refractivity contribution < 1.29 is 4.79 Å². The first kappa shape index (κ1) is 15.6. The van der Waals surface area contributed by atoms with Gasteiger partial charge in [-0.05, 0) is 31.4 Å². The zero-order chi connectivity index (χ0) is 16.5. The Morgan fingerprint density at radius 3 is 2.58 bits per heavy atom. The summed E-state index contributed by atoms with van der Waals surface area (Å²) in [6, 6.07) is 8.17. The van der Waals surface area contributed by atoms with Crippen molar-refractivity contribution in [1.82, 2.24) is 21.0 Å². The number of hydrogen-bond acceptors (Lipinski definition) is 5. The first-order valence-corrected chi connectivity index (χ1v) is 8.86. The van der Waals surface area contributed by atoms with Crippen LogP contribution in [0.3, 0.4) is 0 Å². The number of nitrogens with one attached hydrogen (secondary N) is 3. The molecule has 0 aliphatic carbocycles. The van der Waals surface area contributed by atoms with Gasteiger partial charge in [0.05, 0.1) is 11.3 Å². The zero-order valence-corrected chi connectivity index (χ0v) is 14.1. The average molecular weight is 327 g/mol. The molecule has 2 atom stereocenters. The molecule has 128 valence electrons.